The van der Waals surface area contributed by atoms with Crippen molar-refractivity contribution in [2.45, 2.75) is 6.18 Å². The minimum Gasteiger partial charge on any atom is -0.483 e. The number of halogens is 4. The molecule has 0 spiro atoms. The highest BCUT2D eigenvalue weighted by molar-refractivity contribution is 9.10. The molecule has 0 radical (unpaired) electrons. The highest BCUT2D eigenvalue weighted by atomic mass is 79.9. The summed E-state index contributed by atoms with van der Waals surface area (Å²) in [6, 6.07) is 11.6. The van der Waals surface area contributed by atoms with Gasteiger partial charge in [-0.1, -0.05) is 24.3 Å². The van der Waals surface area contributed by atoms with Crippen LogP contribution in [0.25, 0.3) is 0 Å². The molecule has 0 bridgehead atoms. The highest BCUT2D eigenvalue weighted by Gasteiger charge is 2.33. The third-order valence-corrected chi connectivity index (χ3v) is 4.16. The van der Waals surface area contributed by atoms with Crippen molar-refractivity contribution in [2.24, 2.45) is 0 Å². The molecular weight excluding hydrogens is 429 g/mol. The first-order valence-corrected chi connectivity index (χ1v) is 8.55. The Morgan fingerprint density at radius 2 is 1.74 bits per heavy atom. The van der Waals surface area contributed by atoms with Gasteiger partial charge in [0.1, 0.15) is 5.75 Å². The van der Waals surface area contributed by atoms with Crippen LogP contribution in [0, 0.1) is 0 Å². The molecule has 9 heteroatoms. The van der Waals surface area contributed by atoms with E-state index in [-0.39, 0.29) is 12.3 Å². The second-order valence-electron chi connectivity index (χ2n) is 5.56. The van der Waals surface area contributed by atoms with Crippen molar-refractivity contribution in [3.8, 4) is 5.75 Å². The summed E-state index contributed by atoms with van der Waals surface area (Å²) in [6.45, 7) is -0.726. The third-order valence-electron chi connectivity index (χ3n) is 3.50. The fourth-order valence-corrected chi connectivity index (χ4v) is 2.54. The predicted octanol–water partition coefficient (Wildman–Crippen LogP) is 3.94. The normalized spacial score (nSPS) is 11.0. The first-order valence-electron chi connectivity index (χ1n) is 7.76. The fourth-order valence-electron chi connectivity index (χ4n) is 2.14. The minimum absolute atomic E-state index is 0.314. The number of carbonyl (C=O) groups excluding carboxylic acids is 2. The Morgan fingerprint density at radius 1 is 1.11 bits per heavy atom. The molecule has 5 nitrogen and oxygen atoms in total. The van der Waals surface area contributed by atoms with Crippen molar-refractivity contribution < 1.29 is 27.5 Å². The van der Waals surface area contributed by atoms with Crippen LogP contribution in [-0.4, -0.2) is 36.9 Å². The summed E-state index contributed by atoms with van der Waals surface area (Å²) in [4.78, 5) is 25.2. The molecule has 0 aliphatic carbocycles. The Labute approximate surface area is 162 Å². The van der Waals surface area contributed by atoms with E-state index in [4.69, 9.17) is 4.74 Å². The molecule has 144 valence electrons. The maximum absolute atomic E-state index is 12.9. The summed E-state index contributed by atoms with van der Waals surface area (Å²) in [5.41, 5.74) is -1.31. The van der Waals surface area contributed by atoms with E-state index in [0.29, 0.717) is 10.2 Å². The molecule has 0 saturated carbocycles. The minimum atomic E-state index is -4.59. The number of anilines is 1. The molecule has 0 aliphatic heterocycles. The Balaban J connectivity index is 1.92. The van der Waals surface area contributed by atoms with Crippen molar-refractivity contribution in [3.63, 3.8) is 0 Å². The highest BCUT2D eigenvalue weighted by Crippen LogP contribution is 2.34. The Hall–Kier alpha value is -2.55. The topological polar surface area (TPSA) is 58.6 Å². The standard InChI is InChI=1S/C18H16BrF3N2O3/c1-24(17(26)11-27-15-9-5-3-7-13(15)19)10-16(25)23-14-8-4-2-6-12(14)18(20,21)22/h2-9H,10-11H2,1H3,(H,23,25). The Bertz CT molecular complexity index is 827. The monoisotopic (exact) mass is 444 g/mol. The molecule has 0 fully saturated rings. The van der Waals surface area contributed by atoms with Gasteiger partial charge in [0.15, 0.2) is 6.61 Å². The Morgan fingerprint density at radius 3 is 2.41 bits per heavy atom. The zero-order chi connectivity index (χ0) is 20.0. The SMILES string of the molecule is CN(CC(=O)Nc1ccccc1C(F)(F)F)C(=O)COc1ccccc1Br. The molecule has 27 heavy (non-hydrogen) atoms. The third kappa shape index (κ3) is 5.99. The predicted molar refractivity (Wildman–Crippen MR) is 97.3 cm³/mol. The largest absolute Gasteiger partial charge is 0.483 e. The van der Waals surface area contributed by atoms with Gasteiger partial charge >= 0.3 is 6.18 Å². The van der Waals surface area contributed by atoms with Crippen molar-refractivity contribution >= 4 is 33.4 Å². The van der Waals surface area contributed by atoms with Crippen molar-refractivity contribution in [2.75, 3.05) is 25.5 Å². The lowest BCUT2D eigenvalue weighted by Gasteiger charge is -2.18. The van der Waals surface area contributed by atoms with E-state index in [1.165, 1.54) is 19.2 Å². The summed E-state index contributed by atoms with van der Waals surface area (Å²) in [7, 11) is 1.36. The van der Waals surface area contributed by atoms with Gasteiger partial charge in [0.2, 0.25) is 5.91 Å². The molecule has 0 aromatic heterocycles. The van der Waals surface area contributed by atoms with Crippen LogP contribution in [0.5, 0.6) is 5.75 Å². The quantitative estimate of drug-likeness (QED) is 0.733. The first-order chi connectivity index (χ1) is 12.7. The van der Waals surface area contributed by atoms with Gasteiger partial charge in [-0.05, 0) is 40.2 Å². The molecule has 1 N–H and O–H groups in total. The van der Waals surface area contributed by atoms with Crippen LogP contribution in [0.3, 0.4) is 0 Å². The van der Waals surface area contributed by atoms with E-state index < -0.39 is 30.1 Å². The average molecular weight is 445 g/mol. The zero-order valence-corrected chi connectivity index (χ0v) is 15.8. The van der Waals surface area contributed by atoms with Crippen LogP contribution >= 0.6 is 15.9 Å². The van der Waals surface area contributed by atoms with Gasteiger partial charge in [0.25, 0.3) is 5.91 Å². The second kappa shape index (κ2) is 8.90. The van der Waals surface area contributed by atoms with Gasteiger partial charge in [-0.3, -0.25) is 9.59 Å². The van der Waals surface area contributed by atoms with Crippen LogP contribution in [0.15, 0.2) is 53.0 Å². The molecule has 0 atom stereocenters. The molecule has 0 saturated heterocycles. The van der Waals surface area contributed by atoms with E-state index in [1.54, 1.807) is 24.3 Å². The summed E-state index contributed by atoms with van der Waals surface area (Å²) in [5, 5.41) is 2.18. The van der Waals surface area contributed by atoms with Crippen LogP contribution in [0.1, 0.15) is 5.56 Å². The lowest BCUT2D eigenvalue weighted by atomic mass is 10.1. The average Bonchev–Trinajstić information content (AvgIpc) is 2.60. The lowest BCUT2D eigenvalue weighted by molar-refractivity contribution is -0.137. The van der Waals surface area contributed by atoms with Crippen LogP contribution in [-0.2, 0) is 15.8 Å². The van der Waals surface area contributed by atoms with Crippen molar-refractivity contribution in [1.82, 2.24) is 4.90 Å². The van der Waals surface area contributed by atoms with Gasteiger partial charge in [0.05, 0.1) is 22.3 Å². The maximum atomic E-state index is 12.9. The number of likely N-dealkylation sites (N-methyl/N-ethyl adjacent to an activating group) is 1. The number of hydrogen-bond donors (Lipinski definition) is 1. The van der Waals surface area contributed by atoms with Gasteiger partial charge in [-0.25, -0.2) is 0 Å². The van der Waals surface area contributed by atoms with Gasteiger partial charge in [-0.2, -0.15) is 13.2 Å². The molecule has 0 unspecified atom stereocenters. The number of amides is 2. The summed E-state index contributed by atoms with van der Waals surface area (Å²) in [5.74, 6) is -0.781. The number of nitrogens with one attached hydrogen (secondary N) is 1. The van der Waals surface area contributed by atoms with E-state index >= 15 is 0 Å². The van der Waals surface area contributed by atoms with Gasteiger partial charge < -0.3 is 15.0 Å². The second-order valence-corrected chi connectivity index (χ2v) is 6.41. The fraction of sp³-hybridized carbons (Fsp3) is 0.222. The van der Waals surface area contributed by atoms with E-state index in [9.17, 15) is 22.8 Å². The van der Waals surface area contributed by atoms with E-state index in [0.717, 1.165) is 17.0 Å². The lowest BCUT2D eigenvalue weighted by Crippen LogP contribution is -2.37. The summed E-state index contributed by atoms with van der Waals surface area (Å²) >= 11 is 3.28. The number of hydrogen-bond acceptors (Lipinski definition) is 3. The van der Waals surface area contributed by atoms with Gasteiger partial charge in [-0.15, -0.1) is 0 Å². The number of nitrogens with zero attached hydrogens (tertiary/aromatic N) is 1. The van der Waals surface area contributed by atoms with Crippen LogP contribution in [0.4, 0.5) is 18.9 Å². The molecule has 2 rings (SSSR count). The van der Waals surface area contributed by atoms with Crippen molar-refractivity contribution in [3.05, 3.63) is 58.6 Å². The van der Waals surface area contributed by atoms with Crippen LogP contribution < -0.4 is 10.1 Å². The first kappa shape index (κ1) is 20.8. The number of carbonyl (C=O) groups is 2. The number of benzene rings is 2. The molecular formula is C18H16BrF3N2O3. The smallest absolute Gasteiger partial charge is 0.418 e. The maximum Gasteiger partial charge on any atom is 0.418 e. The molecule has 2 amide bonds. The van der Waals surface area contributed by atoms with E-state index in [2.05, 4.69) is 21.2 Å². The summed E-state index contributed by atoms with van der Waals surface area (Å²) in [6.07, 6.45) is -4.59. The number of ether oxygens (including phenoxy) is 1. The molecule has 2 aromatic carbocycles. The zero-order valence-electron chi connectivity index (χ0n) is 14.2. The number of para-hydroxylation sites is 2. The van der Waals surface area contributed by atoms with E-state index in [1.807, 2.05) is 0 Å². The Kier molecular flexibility index (Phi) is 6.84. The van der Waals surface area contributed by atoms with Gasteiger partial charge in [0, 0.05) is 7.05 Å². The van der Waals surface area contributed by atoms with Crippen molar-refractivity contribution in [1.29, 1.82) is 0 Å². The molecule has 0 aliphatic rings. The number of alkyl halides is 3. The number of rotatable bonds is 6. The molecule has 2 aromatic rings. The molecule has 0 heterocycles. The summed E-state index contributed by atoms with van der Waals surface area (Å²) < 4.78 is 44.9. The van der Waals surface area contributed by atoms with Crippen LogP contribution in [0.2, 0.25) is 0 Å².